The molecule has 0 aromatic carbocycles. The van der Waals surface area contributed by atoms with Gasteiger partial charge in [-0.3, -0.25) is 14.4 Å². The summed E-state index contributed by atoms with van der Waals surface area (Å²) in [5.74, 6) is -0.991. The molecule has 416 valence electrons. The van der Waals surface area contributed by atoms with E-state index in [1.54, 1.807) is 0 Å². The molecule has 73 heavy (non-hydrogen) atoms. The molecule has 0 saturated carbocycles. The Bertz CT molecular complexity index is 1490. The number of carbonyl (C=O) groups excluding carboxylic acids is 3. The minimum absolute atomic E-state index is 0.112. The average molecular weight is 1010 g/mol. The standard InChI is InChI=1S/C67H112O6/c1-4-7-10-13-16-19-22-25-28-31-33-36-39-42-45-48-51-54-57-60-66(69)72-63-64(62-71-65(68)59-56-53-50-47-44-41-38-35-30-27-24-21-18-15-12-9-6-3)73-67(70)61-58-55-52-49-46-43-40-37-34-32-29-26-23-20-17-14-11-8-5-2/h7,10,16,18-19,21,25,27-28,30,33,36,38,41-42,45,47,50,64H,4-6,8-9,11-15,17,20,22-24,26,29,31-32,34-35,37,39-40,43-44,46,48-49,51-63H2,1-3H3/b10-7-,19-16-,21-18-,28-25-,30-27-,36-33-,41-38-,45-42-,50-47-/t64-/m1/s1. The molecule has 0 aliphatic rings. The van der Waals surface area contributed by atoms with Gasteiger partial charge in [0.05, 0.1) is 0 Å². The summed E-state index contributed by atoms with van der Waals surface area (Å²) in [6.45, 7) is 6.44. The highest BCUT2D eigenvalue weighted by Crippen LogP contribution is 2.16. The molecular weight excluding hydrogens is 901 g/mol. The zero-order valence-electron chi connectivity index (χ0n) is 47.6. The molecular formula is C67H112O6. The Labute approximate surface area is 450 Å². The average Bonchev–Trinajstić information content (AvgIpc) is 3.39. The first-order chi connectivity index (χ1) is 36.0. The molecule has 6 heteroatoms. The molecule has 1 atom stereocenters. The highest BCUT2D eigenvalue weighted by molar-refractivity contribution is 5.71. The van der Waals surface area contributed by atoms with Gasteiger partial charge in [0, 0.05) is 19.3 Å². The third-order valence-electron chi connectivity index (χ3n) is 12.8. The van der Waals surface area contributed by atoms with E-state index in [0.717, 1.165) is 103 Å². The second-order valence-corrected chi connectivity index (χ2v) is 19.9. The number of hydrogen-bond acceptors (Lipinski definition) is 6. The zero-order valence-corrected chi connectivity index (χ0v) is 47.6. The van der Waals surface area contributed by atoms with Crippen molar-refractivity contribution in [2.75, 3.05) is 13.2 Å². The summed E-state index contributed by atoms with van der Waals surface area (Å²) < 4.78 is 16.8. The lowest BCUT2D eigenvalue weighted by molar-refractivity contribution is -0.167. The van der Waals surface area contributed by atoms with Crippen molar-refractivity contribution in [2.24, 2.45) is 0 Å². The van der Waals surface area contributed by atoms with Gasteiger partial charge >= 0.3 is 17.9 Å². The second kappa shape index (κ2) is 60.6. The number of carbonyl (C=O) groups is 3. The number of unbranched alkanes of at least 4 members (excludes halogenated alkanes) is 25. The summed E-state index contributed by atoms with van der Waals surface area (Å²) in [6, 6.07) is 0. The number of rotatable bonds is 54. The molecule has 6 nitrogen and oxygen atoms in total. The van der Waals surface area contributed by atoms with E-state index in [2.05, 4.69) is 130 Å². The van der Waals surface area contributed by atoms with Crippen molar-refractivity contribution in [1.82, 2.24) is 0 Å². The van der Waals surface area contributed by atoms with Crippen molar-refractivity contribution in [1.29, 1.82) is 0 Å². The molecule has 0 radical (unpaired) electrons. The summed E-state index contributed by atoms with van der Waals surface area (Å²) >= 11 is 0. The third-order valence-corrected chi connectivity index (χ3v) is 12.8. The van der Waals surface area contributed by atoms with E-state index in [4.69, 9.17) is 14.2 Å². The van der Waals surface area contributed by atoms with Crippen molar-refractivity contribution in [3.63, 3.8) is 0 Å². The van der Waals surface area contributed by atoms with Gasteiger partial charge in [-0.05, 0) is 103 Å². The predicted octanol–water partition coefficient (Wildman–Crippen LogP) is 20.7. The van der Waals surface area contributed by atoms with Gasteiger partial charge in [0.25, 0.3) is 0 Å². The van der Waals surface area contributed by atoms with Crippen LogP contribution in [-0.4, -0.2) is 37.2 Å². The lowest BCUT2D eigenvalue weighted by atomic mass is 10.0. The molecule has 0 aliphatic carbocycles. The quantitative estimate of drug-likeness (QED) is 0.0261. The normalized spacial score (nSPS) is 12.9. The molecule has 0 bridgehead atoms. The lowest BCUT2D eigenvalue weighted by Crippen LogP contribution is -2.30. The van der Waals surface area contributed by atoms with Crippen molar-refractivity contribution in [3.05, 3.63) is 109 Å². The maximum absolute atomic E-state index is 12.9. The Morgan fingerprint density at radius 1 is 0.288 bits per heavy atom. The third kappa shape index (κ3) is 58.8. The van der Waals surface area contributed by atoms with Crippen LogP contribution in [0.25, 0.3) is 0 Å². The Kier molecular flexibility index (Phi) is 57.4. The predicted molar refractivity (Wildman–Crippen MR) is 316 cm³/mol. The van der Waals surface area contributed by atoms with Crippen LogP contribution in [0.4, 0.5) is 0 Å². The van der Waals surface area contributed by atoms with Crippen LogP contribution in [-0.2, 0) is 28.6 Å². The number of allylic oxidation sites excluding steroid dienone is 18. The van der Waals surface area contributed by atoms with E-state index in [1.807, 2.05) is 0 Å². The molecule has 0 aromatic heterocycles. The van der Waals surface area contributed by atoms with Gasteiger partial charge in [-0.15, -0.1) is 0 Å². The Hall–Kier alpha value is -3.93. The van der Waals surface area contributed by atoms with E-state index in [0.29, 0.717) is 19.3 Å². The highest BCUT2D eigenvalue weighted by atomic mass is 16.6. The molecule has 0 fully saturated rings. The molecule has 0 aliphatic heterocycles. The maximum atomic E-state index is 12.9. The van der Waals surface area contributed by atoms with Crippen molar-refractivity contribution >= 4 is 17.9 Å². The van der Waals surface area contributed by atoms with Crippen LogP contribution in [0.3, 0.4) is 0 Å². The van der Waals surface area contributed by atoms with Crippen molar-refractivity contribution in [2.45, 2.75) is 284 Å². The van der Waals surface area contributed by atoms with E-state index in [1.165, 1.54) is 128 Å². The fourth-order valence-corrected chi connectivity index (χ4v) is 8.23. The van der Waals surface area contributed by atoms with Gasteiger partial charge in [-0.25, -0.2) is 0 Å². The minimum atomic E-state index is -0.815. The van der Waals surface area contributed by atoms with Gasteiger partial charge in [0.1, 0.15) is 13.2 Å². The largest absolute Gasteiger partial charge is 0.462 e. The van der Waals surface area contributed by atoms with Crippen molar-refractivity contribution < 1.29 is 28.6 Å². The minimum Gasteiger partial charge on any atom is -0.462 e. The number of esters is 3. The summed E-state index contributed by atoms with van der Waals surface area (Å²) in [6.07, 6.45) is 82.3. The first-order valence-electron chi connectivity index (χ1n) is 30.4. The van der Waals surface area contributed by atoms with Gasteiger partial charge in [0.2, 0.25) is 0 Å². The monoisotopic (exact) mass is 1010 g/mol. The SMILES string of the molecule is CC/C=C\C/C=C\C/C=C\C/C=C\C/C=C\CCCCCC(=O)OC[C@@H](COC(=O)CCC/C=C\C/C=C\C/C=C\C/C=C\CCCCC)OC(=O)CCCCCCCCCCCCCCCCCCCCC. The summed E-state index contributed by atoms with van der Waals surface area (Å²) in [7, 11) is 0. The van der Waals surface area contributed by atoms with Gasteiger partial charge < -0.3 is 14.2 Å². The van der Waals surface area contributed by atoms with E-state index in [9.17, 15) is 14.4 Å². The molecule has 0 amide bonds. The van der Waals surface area contributed by atoms with Gasteiger partial charge in [0.15, 0.2) is 6.10 Å². The van der Waals surface area contributed by atoms with Crippen LogP contribution in [0.5, 0.6) is 0 Å². The van der Waals surface area contributed by atoms with Crippen LogP contribution in [0.15, 0.2) is 109 Å². The fourth-order valence-electron chi connectivity index (χ4n) is 8.23. The van der Waals surface area contributed by atoms with Crippen LogP contribution in [0.2, 0.25) is 0 Å². The van der Waals surface area contributed by atoms with Crippen molar-refractivity contribution in [3.8, 4) is 0 Å². The van der Waals surface area contributed by atoms with E-state index >= 15 is 0 Å². The molecule has 0 aromatic rings. The molecule has 0 heterocycles. The molecule has 0 rings (SSSR count). The fraction of sp³-hybridized carbons (Fsp3) is 0.687. The van der Waals surface area contributed by atoms with Crippen LogP contribution in [0, 0.1) is 0 Å². The molecule has 0 N–H and O–H groups in total. The number of ether oxygens (including phenoxy) is 3. The highest BCUT2D eigenvalue weighted by Gasteiger charge is 2.19. The van der Waals surface area contributed by atoms with Crippen LogP contribution < -0.4 is 0 Å². The smallest absolute Gasteiger partial charge is 0.306 e. The van der Waals surface area contributed by atoms with Gasteiger partial charge in [-0.1, -0.05) is 265 Å². The Balaban J connectivity index is 4.51. The second-order valence-electron chi connectivity index (χ2n) is 19.9. The van der Waals surface area contributed by atoms with E-state index in [-0.39, 0.29) is 37.5 Å². The number of hydrogen-bond donors (Lipinski definition) is 0. The summed E-state index contributed by atoms with van der Waals surface area (Å²) in [5.41, 5.74) is 0. The lowest BCUT2D eigenvalue weighted by Gasteiger charge is -2.18. The Morgan fingerprint density at radius 2 is 0.548 bits per heavy atom. The maximum Gasteiger partial charge on any atom is 0.306 e. The summed E-state index contributed by atoms with van der Waals surface area (Å²) in [4.78, 5) is 38.2. The first kappa shape index (κ1) is 69.1. The van der Waals surface area contributed by atoms with Gasteiger partial charge in [-0.2, -0.15) is 0 Å². The summed E-state index contributed by atoms with van der Waals surface area (Å²) in [5, 5.41) is 0. The first-order valence-corrected chi connectivity index (χ1v) is 30.4. The van der Waals surface area contributed by atoms with E-state index < -0.39 is 6.10 Å². The Morgan fingerprint density at radius 3 is 0.918 bits per heavy atom. The molecule has 0 spiro atoms. The van der Waals surface area contributed by atoms with Crippen LogP contribution >= 0.6 is 0 Å². The topological polar surface area (TPSA) is 78.9 Å². The zero-order chi connectivity index (χ0) is 52.9. The molecule has 0 unspecified atom stereocenters. The van der Waals surface area contributed by atoms with Crippen LogP contribution in [0.1, 0.15) is 278 Å². The molecule has 0 saturated heterocycles.